The van der Waals surface area contributed by atoms with Crippen molar-refractivity contribution >= 4 is 23.4 Å². The summed E-state index contributed by atoms with van der Waals surface area (Å²) >= 11 is 0. The molecule has 13 heteroatoms. The van der Waals surface area contributed by atoms with Crippen molar-refractivity contribution in [1.29, 1.82) is 0 Å². The van der Waals surface area contributed by atoms with Gasteiger partial charge in [-0.15, -0.1) is 0 Å². The average Bonchev–Trinajstić information content (AvgIpc) is 4.00. The first-order valence-corrected chi connectivity index (χ1v) is 24.6. The molecule has 4 aromatic carbocycles. The van der Waals surface area contributed by atoms with Crippen molar-refractivity contribution in [2.24, 2.45) is 23.7 Å². The molecular formula is C58H69N3O9Pd. The molecule has 0 amide bonds. The SMILES string of the molecule is COc1cc2c(cc1OC)C(=O)/C(=C/c1ccncc1)C2.COc1cc2c(cc1OC)C(=O)C(CC1CCN(Cc3ccccc3)CC1)C2.COc1cc2c(cc1OC)C(=O)C(CC1CCNCC1)C2.[HH].[Pd]. The number of fused-ring (bicyclic) bond motifs is 3. The topological polar surface area (TPSA) is 135 Å². The van der Waals surface area contributed by atoms with E-state index in [1.807, 2.05) is 48.5 Å². The second-order valence-corrected chi connectivity index (χ2v) is 18.9. The van der Waals surface area contributed by atoms with Gasteiger partial charge in [0, 0.05) is 81.3 Å². The van der Waals surface area contributed by atoms with Crippen molar-refractivity contribution in [3.63, 3.8) is 0 Å². The van der Waals surface area contributed by atoms with Crippen LogP contribution in [0.15, 0.2) is 96.8 Å². The van der Waals surface area contributed by atoms with Crippen LogP contribution in [0.1, 0.15) is 98.8 Å². The zero-order chi connectivity index (χ0) is 49.1. The van der Waals surface area contributed by atoms with Crippen LogP contribution >= 0.6 is 0 Å². The number of nitrogens with one attached hydrogen (secondary N) is 1. The Kier molecular flexibility index (Phi) is 18.7. The number of ketones is 3. The van der Waals surface area contributed by atoms with Gasteiger partial charge in [0.05, 0.1) is 42.7 Å². The first kappa shape index (κ1) is 53.0. The first-order chi connectivity index (χ1) is 34.1. The molecule has 5 aromatic rings. The molecule has 2 atom stereocenters. The van der Waals surface area contributed by atoms with Crippen LogP contribution in [0, 0.1) is 23.7 Å². The number of Topliss-reactive ketones (excluding diaryl/α,β-unsaturated/α-hetero) is 3. The normalized spacial score (nSPS) is 19.0. The smallest absolute Gasteiger partial charge is 0.189 e. The van der Waals surface area contributed by atoms with Crippen molar-refractivity contribution in [3.8, 4) is 34.5 Å². The van der Waals surface area contributed by atoms with Crippen molar-refractivity contribution in [1.82, 2.24) is 15.2 Å². The Balaban J connectivity index is 0.000000177. The number of carbonyl (C=O) groups excluding carboxylic acids is 3. The van der Waals surface area contributed by atoms with Gasteiger partial charge in [-0.3, -0.25) is 24.3 Å². The van der Waals surface area contributed by atoms with E-state index in [0.29, 0.717) is 58.3 Å². The number of aromatic nitrogens is 1. The van der Waals surface area contributed by atoms with E-state index in [1.165, 1.54) is 31.2 Å². The Bertz CT molecular complexity index is 2670. The van der Waals surface area contributed by atoms with E-state index >= 15 is 0 Å². The van der Waals surface area contributed by atoms with Gasteiger partial charge < -0.3 is 33.7 Å². The first-order valence-electron chi connectivity index (χ1n) is 24.6. The molecule has 71 heavy (non-hydrogen) atoms. The van der Waals surface area contributed by atoms with Crippen LogP contribution in [0.3, 0.4) is 0 Å². The van der Waals surface area contributed by atoms with Crippen LogP contribution in [0.4, 0.5) is 0 Å². The fourth-order valence-electron chi connectivity index (χ4n) is 10.8. The number of nitrogens with zero attached hydrogens (tertiary/aromatic N) is 2. The second kappa shape index (κ2) is 25.0. The number of benzene rings is 4. The van der Waals surface area contributed by atoms with Gasteiger partial charge in [0.15, 0.2) is 51.8 Å². The second-order valence-electron chi connectivity index (χ2n) is 18.9. The molecule has 3 aliphatic carbocycles. The minimum Gasteiger partial charge on any atom is -0.493 e. The monoisotopic (exact) mass is 1060 g/mol. The number of hydrogen-bond donors (Lipinski definition) is 1. The number of ether oxygens (including phenoxy) is 6. The molecule has 2 aliphatic heterocycles. The summed E-state index contributed by atoms with van der Waals surface area (Å²) in [6, 6.07) is 25.7. The van der Waals surface area contributed by atoms with Crippen LogP contribution in [0.2, 0.25) is 0 Å². The Labute approximate surface area is 433 Å². The number of rotatable bonds is 13. The Morgan fingerprint density at radius 1 is 0.592 bits per heavy atom. The zero-order valence-corrected chi connectivity index (χ0v) is 43.4. The third-order valence-corrected chi connectivity index (χ3v) is 14.6. The maximum atomic E-state index is 12.9. The van der Waals surface area contributed by atoms with Crippen molar-refractivity contribution < 1.29 is 64.7 Å². The largest absolute Gasteiger partial charge is 0.493 e. The van der Waals surface area contributed by atoms with E-state index in [4.69, 9.17) is 28.4 Å². The van der Waals surface area contributed by atoms with Gasteiger partial charge in [0.2, 0.25) is 0 Å². The molecule has 380 valence electrons. The van der Waals surface area contributed by atoms with E-state index in [1.54, 1.807) is 61.1 Å². The number of methoxy groups -OCH3 is 6. The Morgan fingerprint density at radius 3 is 1.54 bits per heavy atom. The number of likely N-dealkylation sites (tertiary alicyclic amines) is 1. The summed E-state index contributed by atoms with van der Waals surface area (Å²) in [5.74, 6) is 6.11. The summed E-state index contributed by atoms with van der Waals surface area (Å²) in [7, 11) is 9.65. The standard InChI is InChI=1S/C24H29NO3.C17H23NO3.C17H15NO3.Pd.H2/c1-27-22-14-19-13-20(24(26)21(19)15-23(22)28-2)12-17-8-10-25(11-9-17)16-18-6-4-3-5-7-18;2*1-20-15-9-12-8-13(7-11-3-5-18-6-4-11)17(19)14(12)10-16(15)21-2;;/h3-7,14-15,17,20H,8-13,16H2,1-2H3;9-11,13,18H,3-8H2,1-2H3;3-7,9-10H,8H2,1-2H3;;1H/b;;13-7+;;. The summed E-state index contributed by atoms with van der Waals surface area (Å²) in [4.78, 5) is 44.6. The van der Waals surface area contributed by atoms with Crippen molar-refractivity contribution in [2.45, 2.75) is 64.3 Å². The minimum atomic E-state index is 0. The van der Waals surface area contributed by atoms with Gasteiger partial charge in [0.25, 0.3) is 0 Å². The summed E-state index contributed by atoms with van der Waals surface area (Å²) in [6.45, 7) is 5.44. The molecule has 3 heterocycles. The van der Waals surface area contributed by atoms with Crippen molar-refractivity contribution in [2.75, 3.05) is 68.8 Å². The van der Waals surface area contributed by atoms with E-state index in [9.17, 15) is 14.4 Å². The fraction of sp³-hybridized carbons (Fsp3) is 0.414. The number of hydrogen-bond acceptors (Lipinski definition) is 12. The average molecular weight is 1060 g/mol. The molecular weight excluding hydrogens is 989 g/mol. The molecule has 0 spiro atoms. The van der Waals surface area contributed by atoms with E-state index in [2.05, 4.69) is 45.5 Å². The number of carbonyl (C=O) groups is 3. The number of pyridine rings is 1. The molecule has 10 rings (SSSR count). The molecule has 2 saturated heterocycles. The molecule has 1 N–H and O–H groups in total. The Morgan fingerprint density at radius 2 is 1.04 bits per heavy atom. The van der Waals surface area contributed by atoms with Gasteiger partial charge in [-0.05, 0) is 172 Å². The summed E-state index contributed by atoms with van der Waals surface area (Å²) in [6.07, 6.45) is 14.4. The van der Waals surface area contributed by atoms with E-state index in [-0.39, 0.29) is 51.0 Å². The summed E-state index contributed by atoms with van der Waals surface area (Å²) in [5.41, 5.74) is 8.64. The van der Waals surface area contributed by atoms with Gasteiger partial charge in [0.1, 0.15) is 0 Å². The van der Waals surface area contributed by atoms with Crippen molar-refractivity contribution in [3.05, 3.63) is 141 Å². The van der Waals surface area contributed by atoms with Crippen LogP contribution in [-0.4, -0.2) is 96.1 Å². The summed E-state index contributed by atoms with van der Waals surface area (Å²) in [5, 5.41) is 3.38. The van der Waals surface area contributed by atoms with Crippen LogP contribution in [0.5, 0.6) is 34.5 Å². The Hall–Kier alpha value is -5.84. The molecule has 0 radical (unpaired) electrons. The molecule has 1 aromatic heterocycles. The predicted molar refractivity (Wildman–Crippen MR) is 273 cm³/mol. The van der Waals surface area contributed by atoms with E-state index < -0.39 is 0 Å². The molecule has 12 nitrogen and oxygen atoms in total. The number of piperidine rings is 2. The molecule has 2 unspecified atom stereocenters. The fourth-order valence-corrected chi connectivity index (χ4v) is 10.8. The van der Waals surface area contributed by atoms with Gasteiger partial charge >= 0.3 is 0 Å². The third kappa shape index (κ3) is 12.6. The van der Waals surface area contributed by atoms with Gasteiger partial charge in [-0.1, -0.05) is 30.3 Å². The quantitative estimate of drug-likeness (QED) is 0.0889. The van der Waals surface area contributed by atoms with E-state index in [0.717, 1.165) is 97.4 Å². The van der Waals surface area contributed by atoms with Gasteiger partial charge in [-0.2, -0.15) is 0 Å². The maximum absolute atomic E-state index is 12.9. The number of allylic oxidation sites excluding steroid dienone is 1. The van der Waals surface area contributed by atoms with Gasteiger partial charge in [-0.25, -0.2) is 0 Å². The van der Waals surface area contributed by atoms with Crippen LogP contribution in [-0.2, 0) is 46.2 Å². The third-order valence-electron chi connectivity index (χ3n) is 14.6. The zero-order valence-electron chi connectivity index (χ0n) is 41.8. The maximum Gasteiger partial charge on any atom is 0.189 e. The van der Waals surface area contributed by atoms with Crippen LogP contribution in [0.25, 0.3) is 6.08 Å². The molecule has 5 aliphatic rings. The molecule has 2 fully saturated rings. The molecule has 0 saturated carbocycles. The predicted octanol–water partition coefficient (Wildman–Crippen LogP) is 9.97. The van der Waals surface area contributed by atoms with Crippen LogP contribution < -0.4 is 33.7 Å². The summed E-state index contributed by atoms with van der Waals surface area (Å²) < 4.78 is 32.0. The minimum absolute atomic E-state index is 0. The molecule has 0 bridgehead atoms.